The van der Waals surface area contributed by atoms with Crippen molar-refractivity contribution in [1.82, 2.24) is 0 Å². The molecule has 0 saturated carbocycles. The monoisotopic (exact) mass is 193 g/mol. The van der Waals surface area contributed by atoms with E-state index in [0.29, 0.717) is 0 Å². The summed E-state index contributed by atoms with van der Waals surface area (Å²) in [6.45, 7) is 5.41. The van der Waals surface area contributed by atoms with Crippen LogP contribution in [0.3, 0.4) is 0 Å². The first-order valence-electron chi connectivity index (χ1n) is 5.05. The predicted molar refractivity (Wildman–Crippen MR) is 60.9 cm³/mol. The summed E-state index contributed by atoms with van der Waals surface area (Å²) in [5, 5.41) is 8.77. The molecule has 0 heterocycles. The predicted octanol–water partition coefficient (Wildman–Crippen LogP) is 2.12. The topological polar surface area (TPSA) is 23.5 Å². The van der Waals surface area contributed by atoms with Crippen molar-refractivity contribution in [2.24, 2.45) is 0 Å². The third kappa shape index (κ3) is 2.48. The number of aliphatic hydroxyl groups excluding tert-OH is 1. The number of aryl methyl sites for hydroxylation is 2. The van der Waals surface area contributed by atoms with Crippen molar-refractivity contribution in [1.29, 1.82) is 0 Å². The summed E-state index contributed by atoms with van der Waals surface area (Å²) in [4.78, 5) is 2.21. The van der Waals surface area contributed by atoms with Gasteiger partial charge >= 0.3 is 0 Å². The van der Waals surface area contributed by atoms with Crippen molar-refractivity contribution in [3.05, 3.63) is 29.3 Å². The van der Waals surface area contributed by atoms with Crippen LogP contribution in [0, 0.1) is 13.8 Å². The Morgan fingerprint density at radius 3 is 2.29 bits per heavy atom. The molecule has 0 aliphatic heterocycles. The van der Waals surface area contributed by atoms with Crippen LogP contribution in [0.1, 0.15) is 17.5 Å². The van der Waals surface area contributed by atoms with Crippen LogP contribution in [0.25, 0.3) is 0 Å². The molecule has 1 rings (SSSR count). The van der Waals surface area contributed by atoms with Gasteiger partial charge in [0.25, 0.3) is 0 Å². The maximum atomic E-state index is 8.77. The van der Waals surface area contributed by atoms with E-state index >= 15 is 0 Å². The molecule has 0 radical (unpaired) electrons. The van der Waals surface area contributed by atoms with Crippen molar-refractivity contribution >= 4 is 5.69 Å². The van der Waals surface area contributed by atoms with Gasteiger partial charge in [-0.3, -0.25) is 0 Å². The highest BCUT2D eigenvalue weighted by molar-refractivity contribution is 5.58. The second-order valence-electron chi connectivity index (χ2n) is 3.74. The van der Waals surface area contributed by atoms with Gasteiger partial charge in [0.05, 0.1) is 0 Å². The van der Waals surface area contributed by atoms with Crippen LogP contribution in [0.4, 0.5) is 5.69 Å². The van der Waals surface area contributed by atoms with E-state index < -0.39 is 0 Å². The third-order valence-corrected chi connectivity index (χ3v) is 2.47. The molecule has 0 bridgehead atoms. The second kappa shape index (κ2) is 5.01. The van der Waals surface area contributed by atoms with Gasteiger partial charge in [-0.2, -0.15) is 0 Å². The lowest BCUT2D eigenvalue weighted by molar-refractivity contribution is 0.290. The maximum Gasteiger partial charge on any atom is 0.0447 e. The van der Waals surface area contributed by atoms with Crippen LogP contribution >= 0.6 is 0 Å². The van der Waals surface area contributed by atoms with Crippen LogP contribution in [-0.2, 0) is 0 Å². The lowest BCUT2D eigenvalue weighted by Gasteiger charge is -2.23. The first kappa shape index (κ1) is 11.1. The summed E-state index contributed by atoms with van der Waals surface area (Å²) in [5.74, 6) is 0. The summed E-state index contributed by atoms with van der Waals surface area (Å²) in [5.41, 5.74) is 3.89. The van der Waals surface area contributed by atoms with Gasteiger partial charge < -0.3 is 10.0 Å². The molecule has 1 aromatic carbocycles. The average Bonchev–Trinajstić information content (AvgIpc) is 2.14. The SMILES string of the molecule is Cc1cccc(C)c1N(C)CCCO. The third-order valence-electron chi connectivity index (χ3n) is 2.47. The van der Waals surface area contributed by atoms with E-state index in [1.165, 1.54) is 16.8 Å². The quantitative estimate of drug-likeness (QED) is 0.791. The highest BCUT2D eigenvalue weighted by atomic mass is 16.3. The van der Waals surface area contributed by atoms with Gasteiger partial charge in [-0.1, -0.05) is 18.2 Å². The van der Waals surface area contributed by atoms with Crippen molar-refractivity contribution in [3.8, 4) is 0 Å². The highest BCUT2D eigenvalue weighted by Gasteiger charge is 2.06. The molecule has 14 heavy (non-hydrogen) atoms. The zero-order valence-corrected chi connectivity index (χ0v) is 9.25. The zero-order valence-electron chi connectivity index (χ0n) is 9.25. The van der Waals surface area contributed by atoms with Gasteiger partial charge in [0.15, 0.2) is 0 Å². The van der Waals surface area contributed by atoms with Gasteiger partial charge in [0.1, 0.15) is 0 Å². The normalized spacial score (nSPS) is 10.3. The van der Waals surface area contributed by atoms with Crippen LogP contribution < -0.4 is 4.90 Å². The number of anilines is 1. The van der Waals surface area contributed by atoms with E-state index in [2.05, 4.69) is 44.0 Å². The minimum atomic E-state index is 0.259. The minimum Gasteiger partial charge on any atom is -0.396 e. The van der Waals surface area contributed by atoms with E-state index in [1.54, 1.807) is 0 Å². The molecule has 0 saturated heterocycles. The largest absolute Gasteiger partial charge is 0.396 e. The lowest BCUT2D eigenvalue weighted by atomic mass is 10.1. The molecule has 1 aromatic rings. The number of nitrogens with zero attached hydrogens (tertiary/aromatic N) is 1. The molecule has 1 N–H and O–H groups in total. The van der Waals surface area contributed by atoms with Crippen LogP contribution in [0.5, 0.6) is 0 Å². The lowest BCUT2D eigenvalue weighted by Crippen LogP contribution is -2.21. The molecule has 0 atom stereocenters. The Morgan fingerprint density at radius 2 is 1.79 bits per heavy atom. The fraction of sp³-hybridized carbons (Fsp3) is 0.500. The molecule has 2 nitrogen and oxygen atoms in total. The molecular formula is C12H19NO. The summed E-state index contributed by atoms with van der Waals surface area (Å²) in [6, 6.07) is 6.32. The zero-order chi connectivity index (χ0) is 10.6. The molecule has 0 unspecified atom stereocenters. The number of benzene rings is 1. The summed E-state index contributed by atoms with van der Waals surface area (Å²) in [6.07, 6.45) is 0.824. The van der Waals surface area contributed by atoms with Gasteiger partial charge in [-0.15, -0.1) is 0 Å². The van der Waals surface area contributed by atoms with E-state index in [0.717, 1.165) is 13.0 Å². The smallest absolute Gasteiger partial charge is 0.0447 e. The molecular weight excluding hydrogens is 174 g/mol. The van der Waals surface area contributed by atoms with Crippen LogP contribution in [0.2, 0.25) is 0 Å². The van der Waals surface area contributed by atoms with Crippen molar-refractivity contribution in [2.75, 3.05) is 25.1 Å². The molecule has 0 aromatic heterocycles. The molecule has 0 amide bonds. The summed E-state index contributed by atoms with van der Waals surface area (Å²) in [7, 11) is 2.07. The van der Waals surface area contributed by atoms with Gasteiger partial charge in [0, 0.05) is 25.9 Å². The van der Waals surface area contributed by atoms with Crippen LogP contribution in [-0.4, -0.2) is 25.3 Å². The molecule has 2 heteroatoms. The number of para-hydroxylation sites is 1. The number of hydrogen-bond donors (Lipinski definition) is 1. The second-order valence-corrected chi connectivity index (χ2v) is 3.74. The molecule has 0 fully saturated rings. The van der Waals surface area contributed by atoms with Gasteiger partial charge in [0.2, 0.25) is 0 Å². The molecule has 78 valence electrons. The van der Waals surface area contributed by atoms with Crippen LogP contribution in [0.15, 0.2) is 18.2 Å². The first-order chi connectivity index (χ1) is 6.66. The Morgan fingerprint density at radius 1 is 1.21 bits per heavy atom. The Labute approximate surface area is 86.2 Å². The Bertz CT molecular complexity index is 276. The van der Waals surface area contributed by atoms with Gasteiger partial charge in [-0.05, 0) is 31.4 Å². The maximum absolute atomic E-state index is 8.77. The van der Waals surface area contributed by atoms with Gasteiger partial charge in [-0.25, -0.2) is 0 Å². The number of rotatable bonds is 4. The Hall–Kier alpha value is -1.02. The Kier molecular flexibility index (Phi) is 3.96. The van der Waals surface area contributed by atoms with E-state index in [9.17, 15) is 0 Å². The van der Waals surface area contributed by atoms with Crippen molar-refractivity contribution < 1.29 is 5.11 Å². The number of aliphatic hydroxyl groups is 1. The van der Waals surface area contributed by atoms with E-state index in [-0.39, 0.29) is 6.61 Å². The fourth-order valence-corrected chi connectivity index (χ4v) is 1.83. The number of hydrogen-bond acceptors (Lipinski definition) is 2. The first-order valence-corrected chi connectivity index (χ1v) is 5.05. The van der Waals surface area contributed by atoms with Crippen molar-refractivity contribution in [2.45, 2.75) is 20.3 Å². The van der Waals surface area contributed by atoms with E-state index in [4.69, 9.17) is 5.11 Å². The Balaban J connectivity index is 2.82. The average molecular weight is 193 g/mol. The molecule has 0 aliphatic rings. The fourth-order valence-electron chi connectivity index (χ4n) is 1.83. The standard InChI is InChI=1S/C12H19NO/c1-10-6-4-7-11(2)12(10)13(3)8-5-9-14/h4,6-7,14H,5,8-9H2,1-3H3. The summed E-state index contributed by atoms with van der Waals surface area (Å²) < 4.78 is 0. The van der Waals surface area contributed by atoms with E-state index in [1.807, 2.05) is 0 Å². The molecule has 0 spiro atoms. The summed E-state index contributed by atoms with van der Waals surface area (Å²) >= 11 is 0. The highest BCUT2D eigenvalue weighted by Crippen LogP contribution is 2.23. The van der Waals surface area contributed by atoms with Crippen molar-refractivity contribution in [3.63, 3.8) is 0 Å². The minimum absolute atomic E-state index is 0.259. The molecule has 0 aliphatic carbocycles.